The van der Waals surface area contributed by atoms with Crippen LogP contribution in [0.25, 0.3) is 11.3 Å². The Labute approximate surface area is 106 Å². The van der Waals surface area contributed by atoms with Crippen molar-refractivity contribution < 1.29 is 23.4 Å². The number of aromatic nitrogens is 2. The third kappa shape index (κ3) is 2.70. The SMILES string of the molecule is COc1cc(F)c(-c2cc(CC(=O)O)[nH]n2)cc1F. The van der Waals surface area contributed by atoms with Crippen molar-refractivity contribution in [2.45, 2.75) is 6.42 Å². The van der Waals surface area contributed by atoms with E-state index in [1.54, 1.807) is 0 Å². The van der Waals surface area contributed by atoms with Crippen LogP contribution in [0.2, 0.25) is 0 Å². The number of methoxy groups -OCH3 is 1. The van der Waals surface area contributed by atoms with Gasteiger partial charge in [0.2, 0.25) is 0 Å². The second-order valence-corrected chi connectivity index (χ2v) is 3.82. The molecule has 100 valence electrons. The van der Waals surface area contributed by atoms with Crippen molar-refractivity contribution >= 4 is 5.97 Å². The van der Waals surface area contributed by atoms with Crippen molar-refractivity contribution in [1.82, 2.24) is 10.2 Å². The van der Waals surface area contributed by atoms with E-state index in [0.29, 0.717) is 5.69 Å². The predicted octanol–water partition coefficient (Wildman–Crippen LogP) is 1.99. The van der Waals surface area contributed by atoms with Crippen molar-refractivity contribution in [3.8, 4) is 17.0 Å². The van der Waals surface area contributed by atoms with Crippen molar-refractivity contribution in [3.05, 3.63) is 35.5 Å². The van der Waals surface area contributed by atoms with E-state index >= 15 is 0 Å². The molecule has 0 aliphatic heterocycles. The van der Waals surface area contributed by atoms with Gasteiger partial charge in [0.25, 0.3) is 0 Å². The molecule has 0 bridgehead atoms. The fraction of sp³-hybridized carbons (Fsp3) is 0.167. The molecule has 0 fully saturated rings. The van der Waals surface area contributed by atoms with Crippen LogP contribution in [0.1, 0.15) is 5.69 Å². The summed E-state index contributed by atoms with van der Waals surface area (Å²) < 4.78 is 31.9. The molecule has 0 aliphatic carbocycles. The lowest BCUT2D eigenvalue weighted by Crippen LogP contribution is -1.99. The molecule has 0 saturated heterocycles. The van der Waals surface area contributed by atoms with Crippen LogP contribution in [0.5, 0.6) is 5.75 Å². The van der Waals surface area contributed by atoms with Crippen LogP contribution in [0.4, 0.5) is 8.78 Å². The lowest BCUT2D eigenvalue weighted by Gasteiger charge is -2.04. The van der Waals surface area contributed by atoms with E-state index in [2.05, 4.69) is 14.9 Å². The number of benzene rings is 1. The van der Waals surface area contributed by atoms with Gasteiger partial charge >= 0.3 is 5.97 Å². The lowest BCUT2D eigenvalue weighted by molar-refractivity contribution is -0.136. The summed E-state index contributed by atoms with van der Waals surface area (Å²) in [6.45, 7) is 0. The Morgan fingerprint density at radius 1 is 1.37 bits per heavy atom. The molecule has 2 N–H and O–H groups in total. The highest BCUT2D eigenvalue weighted by Crippen LogP contribution is 2.28. The number of aromatic amines is 1. The average molecular weight is 268 g/mol. The second kappa shape index (κ2) is 5.05. The number of carboxylic acid groups (broad SMARTS) is 1. The number of H-pyrrole nitrogens is 1. The molecule has 0 radical (unpaired) electrons. The molecule has 2 rings (SSSR count). The molecule has 0 saturated carbocycles. The molecule has 1 heterocycles. The molecule has 7 heteroatoms. The Hall–Kier alpha value is -2.44. The lowest BCUT2D eigenvalue weighted by atomic mass is 10.1. The van der Waals surface area contributed by atoms with Gasteiger partial charge in [-0.15, -0.1) is 0 Å². The molecule has 5 nitrogen and oxygen atoms in total. The van der Waals surface area contributed by atoms with E-state index in [1.165, 1.54) is 13.2 Å². The summed E-state index contributed by atoms with van der Waals surface area (Å²) in [4.78, 5) is 10.5. The number of halogens is 2. The average Bonchev–Trinajstić information content (AvgIpc) is 2.79. The maximum atomic E-state index is 13.8. The minimum Gasteiger partial charge on any atom is -0.494 e. The Morgan fingerprint density at radius 2 is 2.11 bits per heavy atom. The molecule has 0 aliphatic rings. The zero-order chi connectivity index (χ0) is 14.0. The molecular formula is C12H10F2N2O3. The van der Waals surface area contributed by atoms with Gasteiger partial charge in [0.1, 0.15) is 5.82 Å². The Morgan fingerprint density at radius 3 is 2.74 bits per heavy atom. The minimum absolute atomic E-state index is 0.0637. The minimum atomic E-state index is -1.04. The van der Waals surface area contributed by atoms with Gasteiger partial charge < -0.3 is 9.84 Å². The van der Waals surface area contributed by atoms with E-state index in [4.69, 9.17) is 5.11 Å². The summed E-state index contributed by atoms with van der Waals surface area (Å²) in [7, 11) is 1.23. The normalized spacial score (nSPS) is 10.5. The van der Waals surface area contributed by atoms with Crippen molar-refractivity contribution in [2.24, 2.45) is 0 Å². The number of rotatable bonds is 4. The fourth-order valence-electron chi connectivity index (χ4n) is 1.63. The number of nitrogens with one attached hydrogen (secondary N) is 1. The molecule has 2 aromatic rings. The number of hydrogen-bond donors (Lipinski definition) is 2. The molecule has 0 amide bonds. The second-order valence-electron chi connectivity index (χ2n) is 3.82. The van der Waals surface area contributed by atoms with Gasteiger partial charge in [0.15, 0.2) is 11.6 Å². The van der Waals surface area contributed by atoms with Crippen LogP contribution in [-0.2, 0) is 11.2 Å². The highest BCUT2D eigenvalue weighted by Gasteiger charge is 2.15. The van der Waals surface area contributed by atoms with Gasteiger partial charge in [-0.1, -0.05) is 0 Å². The zero-order valence-electron chi connectivity index (χ0n) is 9.91. The highest BCUT2D eigenvalue weighted by atomic mass is 19.1. The number of hydrogen-bond acceptors (Lipinski definition) is 3. The Balaban J connectivity index is 2.39. The number of aliphatic carboxylic acids is 1. The molecule has 0 unspecified atom stereocenters. The largest absolute Gasteiger partial charge is 0.494 e. The first-order valence-electron chi connectivity index (χ1n) is 5.30. The van der Waals surface area contributed by atoms with Crippen molar-refractivity contribution in [2.75, 3.05) is 7.11 Å². The first-order chi connectivity index (χ1) is 9.01. The first-order valence-corrected chi connectivity index (χ1v) is 5.30. The monoisotopic (exact) mass is 268 g/mol. The summed E-state index contributed by atoms with van der Waals surface area (Å²) >= 11 is 0. The van der Waals surface area contributed by atoms with Crippen LogP contribution in [0.3, 0.4) is 0 Å². The van der Waals surface area contributed by atoms with Gasteiger partial charge in [-0.25, -0.2) is 8.78 Å². The molecule has 1 aromatic carbocycles. The van der Waals surface area contributed by atoms with Crippen LogP contribution in [0, 0.1) is 11.6 Å². The summed E-state index contributed by atoms with van der Waals surface area (Å²) in [6.07, 6.45) is -0.271. The zero-order valence-corrected chi connectivity index (χ0v) is 9.91. The predicted molar refractivity (Wildman–Crippen MR) is 61.8 cm³/mol. The number of ether oxygens (including phenoxy) is 1. The van der Waals surface area contributed by atoms with Crippen LogP contribution < -0.4 is 4.74 Å². The van der Waals surface area contributed by atoms with Crippen LogP contribution in [0.15, 0.2) is 18.2 Å². The summed E-state index contributed by atoms with van der Waals surface area (Å²) in [5.41, 5.74) is 0.375. The quantitative estimate of drug-likeness (QED) is 0.889. The van der Waals surface area contributed by atoms with E-state index in [1.807, 2.05) is 0 Å². The Bertz CT molecular complexity index is 625. The molecular weight excluding hydrogens is 258 g/mol. The topological polar surface area (TPSA) is 75.2 Å². The van der Waals surface area contributed by atoms with Gasteiger partial charge in [-0.3, -0.25) is 9.89 Å². The first kappa shape index (κ1) is 13.0. The molecule has 19 heavy (non-hydrogen) atoms. The third-order valence-electron chi connectivity index (χ3n) is 2.49. The van der Waals surface area contributed by atoms with Gasteiger partial charge in [0.05, 0.1) is 19.2 Å². The Kier molecular flexibility index (Phi) is 3.46. The number of carboxylic acids is 1. The third-order valence-corrected chi connectivity index (χ3v) is 2.49. The summed E-state index contributed by atoms with van der Waals surface area (Å²) in [5, 5.41) is 14.8. The van der Waals surface area contributed by atoms with Crippen LogP contribution >= 0.6 is 0 Å². The number of carbonyl (C=O) groups is 1. The molecule has 1 aromatic heterocycles. The van der Waals surface area contributed by atoms with Gasteiger partial charge in [-0.05, 0) is 12.1 Å². The van der Waals surface area contributed by atoms with E-state index < -0.39 is 17.6 Å². The smallest absolute Gasteiger partial charge is 0.309 e. The summed E-state index contributed by atoms with van der Waals surface area (Å²) in [5.74, 6) is -2.67. The van der Waals surface area contributed by atoms with Crippen molar-refractivity contribution in [3.63, 3.8) is 0 Å². The molecule has 0 spiro atoms. The van der Waals surface area contributed by atoms with E-state index in [-0.39, 0.29) is 23.4 Å². The maximum absolute atomic E-state index is 13.8. The number of nitrogens with zero attached hydrogens (tertiary/aromatic N) is 1. The van der Waals surface area contributed by atoms with Gasteiger partial charge in [-0.2, -0.15) is 5.10 Å². The van der Waals surface area contributed by atoms with E-state index in [9.17, 15) is 13.6 Å². The fourth-order valence-corrected chi connectivity index (χ4v) is 1.63. The molecule has 0 atom stereocenters. The highest BCUT2D eigenvalue weighted by molar-refractivity contribution is 5.70. The van der Waals surface area contributed by atoms with E-state index in [0.717, 1.165) is 12.1 Å². The standard InChI is InChI=1S/C12H10F2N2O3/c1-19-11-5-8(13)7(4-9(11)14)10-2-6(15-16-10)3-12(17)18/h2,4-5H,3H2,1H3,(H,15,16)(H,17,18). The van der Waals surface area contributed by atoms with Crippen LogP contribution in [-0.4, -0.2) is 28.4 Å². The van der Waals surface area contributed by atoms with Gasteiger partial charge in [0, 0.05) is 17.3 Å². The maximum Gasteiger partial charge on any atom is 0.309 e. The summed E-state index contributed by atoms with van der Waals surface area (Å²) in [6, 6.07) is 3.23. The van der Waals surface area contributed by atoms with Crippen molar-refractivity contribution in [1.29, 1.82) is 0 Å².